The van der Waals surface area contributed by atoms with E-state index in [0.29, 0.717) is 17.0 Å². The van der Waals surface area contributed by atoms with Crippen LogP contribution in [-0.4, -0.2) is 18.0 Å². The van der Waals surface area contributed by atoms with Crippen LogP contribution in [0, 0.1) is 0 Å². The van der Waals surface area contributed by atoms with Crippen LogP contribution in [0.25, 0.3) is 5.71 Å². The quantitative estimate of drug-likeness (QED) is 0.583. The van der Waals surface area contributed by atoms with Crippen LogP contribution in [0.3, 0.4) is 0 Å². The predicted molar refractivity (Wildman–Crippen MR) is 70.0 cm³/mol. The van der Waals surface area contributed by atoms with Gasteiger partial charge in [0.15, 0.2) is 6.20 Å². The number of rotatable bonds is 3. The highest BCUT2D eigenvalue weighted by Gasteiger charge is 2.30. The van der Waals surface area contributed by atoms with Gasteiger partial charge in [0, 0.05) is 11.6 Å². The van der Waals surface area contributed by atoms with Crippen molar-refractivity contribution in [2.45, 2.75) is 0 Å². The van der Waals surface area contributed by atoms with E-state index < -0.39 is 5.95 Å². The highest BCUT2D eigenvalue weighted by Crippen LogP contribution is 2.21. The minimum absolute atomic E-state index is 0.103. The lowest BCUT2D eigenvalue weighted by Gasteiger charge is -1.99. The van der Waals surface area contributed by atoms with Crippen molar-refractivity contribution in [3.8, 4) is 11.7 Å². The van der Waals surface area contributed by atoms with Gasteiger partial charge in [-0.1, -0.05) is 0 Å². The molecule has 1 aromatic carbocycles. The molecule has 2 aromatic heterocycles. The Morgan fingerprint density at radius 2 is 1.95 bits per heavy atom. The van der Waals surface area contributed by atoms with Gasteiger partial charge < -0.3 is 14.3 Å². The van der Waals surface area contributed by atoms with Gasteiger partial charge in [0.05, 0.1) is 13.2 Å². The van der Waals surface area contributed by atoms with Gasteiger partial charge in [-0.3, -0.25) is 4.79 Å². The summed E-state index contributed by atoms with van der Waals surface area (Å²) in [7, 11) is 1.56. The fourth-order valence-corrected chi connectivity index (χ4v) is 2.03. The molecule has 0 unspecified atom stereocenters. The van der Waals surface area contributed by atoms with Gasteiger partial charge in [0.1, 0.15) is 5.75 Å². The third-order valence-corrected chi connectivity index (χ3v) is 3.03. The predicted octanol–water partition coefficient (Wildman–Crippen LogP) is 1.96. The standard InChI is InChI=1S/C15H11NO4/c1-19-11-7-5-10(6-8-11)14(17)13-15(18)20-12-4-2-3-9-16(12)13/h2-9H,1H3/p+1. The van der Waals surface area contributed by atoms with Crippen LogP contribution < -0.4 is 9.14 Å². The van der Waals surface area contributed by atoms with E-state index in [2.05, 4.69) is 0 Å². The zero-order valence-electron chi connectivity index (χ0n) is 10.7. The maximum absolute atomic E-state index is 12.5. The number of hydrogen-bond donors (Lipinski definition) is 1. The maximum Gasteiger partial charge on any atom is 0.382 e. The second-order valence-corrected chi connectivity index (χ2v) is 4.22. The van der Waals surface area contributed by atoms with E-state index in [1.165, 1.54) is 4.40 Å². The summed E-state index contributed by atoms with van der Waals surface area (Å²) in [6.45, 7) is 0. The summed E-state index contributed by atoms with van der Waals surface area (Å²) in [5.74, 6) is -0.0485. The van der Waals surface area contributed by atoms with Crippen LogP contribution in [-0.2, 0) is 0 Å². The molecule has 2 heterocycles. The van der Waals surface area contributed by atoms with Crippen molar-refractivity contribution in [2.75, 3.05) is 7.11 Å². The van der Waals surface area contributed by atoms with Crippen LogP contribution in [0.5, 0.6) is 11.7 Å². The lowest BCUT2D eigenvalue weighted by molar-refractivity contribution is -0.516. The number of nitrogens with zero attached hydrogens (tertiary/aromatic N) is 1. The van der Waals surface area contributed by atoms with Crippen LogP contribution in [0.1, 0.15) is 16.1 Å². The molecule has 0 atom stereocenters. The zero-order chi connectivity index (χ0) is 14.1. The van der Waals surface area contributed by atoms with Crippen molar-refractivity contribution in [3.63, 3.8) is 0 Å². The number of aromatic nitrogens is 1. The number of oxazole rings is 1. The molecule has 0 radical (unpaired) electrons. The Bertz CT molecular complexity index is 774. The Morgan fingerprint density at radius 1 is 1.20 bits per heavy atom. The number of pyridine rings is 1. The van der Waals surface area contributed by atoms with Crippen molar-refractivity contribution in [2.24, 2.45) is 0 Å². The lowest BCUT2D eigenvalue weighted by atomic mass is 10.1. The van der Waals surface area contributed by atoms with Gasteiger partial charge in [0.25, 0.3) is 5.78 Å². The van der Waals surface area contributed by atoms with Crippen molar-refractivity contribution in [1.82, 2.24) is 0 Å². The molecular weight excluding hydrogens is 258 g/mol. The van der Waals surface area contributed by atoms with Crippen LogP contribution in [0.4, 0.5) is 0 Å². The molecule has 3 aromatic rings. The number of carbonyl (C=O) groups excluding carboxylic acids is 1. The summed E-state index contributed by atoms with van der Waals surface area (Å²) >= 11 is 0. The molecule has 100 valence electrons. The topological polar surface area (TPSA) is 63.8 Å². The Morgan fingerprint density at radius 3 is 2.65 bits per heavy atom. The Hall–Kier alpha value is -2.82. The lowest BCUT2D eigenvalue weighted by Crippen LogP contribution is -2.27. The Kier molecular flexibility index (Phi) is 2.87. The molecule has 0 spiro atoms. The molecule has 0 saturated carbocycles. The van der Waals surface area contributed by atoms with Crippen LogP contribution >= 0.6 is 0 Å². The number of aromatic hydroxyl groups is 1. The monoisotopic (exact) mass is 270 g/mol. The van der Waals surface area contributed by atoms with Crippen LogP contribution in [0.2, 0.25) is 0 Å². The summed E-state index contributed by atoms with van der Waals surface area (Å²) in [6.07, 6.45) is 1.66. The number of ether oxygens (including phenoxy) is 1. The summed E-state index contributed by atoms with van der Waals surface area (Å²) in [5.41, 5.74) is 0.952. The van der Waals surface area contributed by atoms with Crippen molar-refractivity contribution >= 4 is 11.5 Å². The molecule has 0 aliphatic heterocycles. The molecule has 3 rings (SSSR count). The van der Waals surface area contributed by atoms with Crippen molar-refractivity contribution in [3.05, 3.63) is 59.9 Å². The van der Waals surface area contributed by atoms with Gasteiger partial charge in [-0.2, -0.15) is 0 Å². The highest BCUT2D eigenvalue weighted by atomic mass is 16.5. The smallest absolute Gasteiger partial charge is 0.382 e. The maximum atomic E-state index is 12.5. The number of ketones is 1. The highest BCUT2D eigenvalue weighted by molar-refractivity contribution is 6.08. The molecule has 0 saturated heterocycles. The number of hydrogen-bond acceptors (Lipinski definition) is 4. The van der Waals surface area contributed by atoms with Gasteiger partial charge in [-0.25, -0.2) is 0 Å². The third-order valence-electron chi connectivity index (χ3n) is 3.03. The minimum atomic E-state index is -0.392. The van der Waals surface area contributed by atoms with E-state index in [1.54, 1.807) is 55.8 Å². The number of methoxy groups -OCH3 is 1. The fourth-order valence-electron chi connectivity index (χ4n) is 2.03. The van der Waals surface area contributed by atoms with Crippen LogP contribution in [0.15, 0.2) is 53.1 Å². The first kappa shape index (κ1) is 12.2. The Labute approximate surface area is 114 Å². The fraction of sp³-hybridized carbons (Fsp3) is 0.0667. The molecule has 0 amide bonds. The average molecular weight is 270 g/mol. The van der Waals surface area contributed by atoms with E-state index >= 15 is 0 Å². The summed E-state index contributed by atoms with van der Waals surface area (Å²) < 4.78 is 11.7. The molecule has 0 bridgehead atoms. The number of carbonyl (C=O) groups is 1. The summed E-state index contributed by atoms with van der Waals surface area (Å²) in [5, 5.41) is 9.83. The Balaban J connectivity index is 2.09. The van der Waals surface area contributed by atoms with Gasteiger partial charge in [-0.05, 0) is 30.3 Å². The minimum Gasteiger partial charge on any atom is -0.497 e. The first-order chi connectivity index (χ1) is 9.70. The number of benzene rings is 1. The molecule has 0 aliphatic carbocycles. The van der Waals surface area contributed by atoms with Gasteiger partial charge in [0.2, 0.25) is 0 Å². The molecule has 20 heavy (non-hydrogen) atoms. The molecule has 5 heteroatoms. The van der Waals surface area contributed by atoms with Crippen molar-refractivity contribution in [1.29, 1.82) is 0 Å². The summed E-state index contributed by atoms with van der Waals surface area (Å²) in [6, 6.07) is 11.9. The van der Waals surface area contributed by atoms with E-state index in [-0.39, 0.29) is 11.5 Å². The second-order valence-electron chi connectivity index (χ2n) is 4.22. The summed E-state index contributed by atoms with van der Waals surface area (Å²) in [4.78, 5) is 12.5. The molecule has 5 nitrogen and oxygen atoms in total. The second kappa shape index (κ2) is 4.70. The third kappa shape index (κ3) is 1.89. The molecule has 0 aliphatic rings. The van der Waals surface area contributed by atoms with Gasteiger partial charge >= 0.3 is 17.4 Å². The first-order valence-corrected chi connectivity index (χ1v) is 6.01. The average Bonchev–Trinajstić information content (AvgIpc) is 2.82. The van der Waals surface area contributed by atoms with E-state index in [0.717, 1.165) is 0 Å². The largest absolute Gasteiger partial charge is 0.497 e. The van der Waals surface area contributed by atoms with Crippen molar-refractivity contribution < 1.29 is 23.5 Å². The first-order valence-electron chi connectivity index (χ1n) is 6.01. The van der Waals surface area contributed by atoms with E-state index in [4.69, 9.17) is 9.15 Å². The van der Waals surface area contributed by atoms with E-state index in [9.17, 15) is 9.90 Å². The normalized spacial score (nSPS) is 10.7. The van der Waals surface area contributed by atoms with Gasteiger partial charge in [-0.15, -0.1) is 4.40 Å². The number of fused-ring (bicyclic) bond motifs is 1. The molecule has 0 fully saturated rings. The molecular formula is C15H12NO4+. The zero-order valence-corrected chi connectivity index (χ0v) is 10.7. The SMILES string of the molecule is COc1ccc(C(=O)c2c(O)oc3cccc[n+]23)cc1. The molecule has 1 N–H and O–H groups in total. The van der Waals surface area contributed by atoms with E-state index in [1.807, 2.05) is 0 Å².